The van der Waals surface area contributed by atoms with E-state index in [0.717, 1.165) is 18.9 Å². The van der Waals surface area contributed by atoms with Gasteiger partial charge in [0, 0.05) is 38.2 Å². The summed E-state index contributed by atoms with van der Waals surface area (Å²) in [5.41, 5.74) is 1.17. The lowest BCUT2D eigenvalue weighted by Crippen LogP contribution is -2.25. The molecule has 2 aromatic rings. The van der Waals surface area contributed by atoms with Gasteiger partial charge in [-0.2, -0.15) is 4.98 Å². The zero-order chi connectivity index (χ0) is 14.3. The molecule has 0 spiro atoms. The Hall–Kier alpha value is -2.17. The molecule has 0 radical (unpaired) electrons. The standard InChI is InChI=1S/C16H21N5/c1-2-4-12-21(11-3-1)15-7-10-18-16(20-15)19-13-14-5-8-17-9-6-14/h5-10H,1-4,11-13H2,(H,18,19,20). The molecule has 0 aliphatic carbocycles. The second-order valence-corrected chi connectivity index (χ2v) is 5.35. The summed E-state index contributed by atoms with van der Waals surface area (Å²) in [6.45, 7) is 2.91. The second kappa shape index (κ2) is 7.02. The van der Waals surface area contributed by atoms with Crippen molar-refractivity contribution in [1.82, 2.24) is 15.0 Å². The van der Waals surface area contributed by atoms with Gasteiger partial charge in [-0.15, -0.1) is 0 Å². The maximum atomic E-state index is 4.64. The summed E-state index contributed by atoms with van der Waals surface area (Å²) >= 11 is 0. The van der Waals surface area contributed by atoms with Gasteiger partial charge in [0.25, 0.3) is 0 Å². The molecule has 1 saturated heterocycles. The van der Waals surface area contributed by atoms with E-state index in [0.29, 0.717) is 12.5 Å². The highest BCUT2D eigenvalue weighted by molar-refractivity contribution is 5.42. The molecule has 3 rings (SSSR count). The predicted octanol–water partition coefficient (Wildman–Crippen LogP) is 2.86. The second-order valence-electron chi connectivity index (χ2n) is 5.35. The van der Waals surface area contributed by atoms with E-state index in [2.05, 4.69) is 25.2 Å². The molecule has 1 aliphatic rings. The Morgan fingerprint density at radius 3 is 2.48 bits per heavy atom. The molecule has 1 aliphatic heterocycles. The Kier molecular flexibility index (Phi) is 4.61. The topological polar surface area (TPSA) is 53.9 Å². The molecule has 5 heteroatoms. The monoisotopic (exact) mass is 283 g/mol. The van der Waals surface area contributed by atoms with Gasteiger partial charge in [0.2, 0.25) is 5.95 Å². The van der Waals surface area contributed by atoms with Crippen LogP contribution in [0.1, 0.15) is 31.2 Å². The van der Waals surface area contributed by atoms with Gasteiger partial charge in [-0.3, -0.25) is 4.98 Å². The lowest BCUT2D eigenvalue weighted by molar-refractivity contribution is 0.726. The van der Waals surface area contributed by atoms with Crippen molar-refractivity contribution in [2.24, 2.45) is 0 Å². The molecule has 1 N–H and O–H groups in total. The maximum absolute atomic E-state index is 4.64. The van der Waals surface area contributed by atoms with Crippen molar-refractivity contribution in [3.05, 3.63) is 42.4 Å². The number of hydrogen-bond acceptors (Lipinski definition) is 5. The van der Waals surface area contributed by atoms with E-state index in [9.17, 15) is 0 Å². The predicted molar refractivity (Wildman–Crippen MR) is 84.3 cm³/mol. The fourth-order valence-electron chi connectivity index (χ4n) is 2.59. The van der Waals surface area contributed by atoms with E-state index in [1.54, 1.807) is 12.4 Å². The number of aromatic nitrogens is 3. The first-order valence-corrected chi connectivity index (χ1v) is 7.62. The van der Waals surface area contributed by atoms with Crippen LogP contribution in [0.4, 0.5) is 11.8 Å². The highest BCUT2D eigenvalue weighted by Crippen LogP contribution is 2.18. The fourth-order valence-corrected chi connectivity index (χ4v) is 2.59. The van der Waals surface area contributed by atoms with Crippen molar-refractivity contribution in [1.29, 1.82) is 0 Å². The molecule has 0 atom stereocenters. The third-order valence-electron chi connectivity index (χ3n) is 3.77. The van der Waals surface area contributed by atoms with Crippen molar-refractivity contribution < 1.29 is 0 Å². The average molecular weight is 283 g/mol. The van der Waals surface area contributed by atoms with Crippen LogP contribution < -0.4 is 10.2 Å². The van der Waals surface area contributed by atoms with E-state index in [-0.39, 0.29) is 0 Å². The molecule has 0 unspecified atom stereocenters. The summed E-state index contributed by atoms with van der Waals surface area (Å²) < 4.78 is 0. The molecular formula is C16H21N5. The Labute approximate surface area is 125 Å². The fraction of sp³-hybridized carbons (Fsp3) is 0.438. The SMILES string of the molecule is c1cc(CNc2nccc(N3CCCCCC3)n2)ccn1. The van der Waals surface area contributed by atoms with E-state index in [1.807, 2.05) is 24.4 Å². The number of anilines is 2. The van der Waals surface area contributed by atoms with Gasteiger partial charge in [0.1, 0.15) is 5.82 Å². The Bertz CT molecular complexity index is 550. The van der Waals surface area contributed by atoms with E-state index < -0.39 is 0 Å². The summed E-state index contributed by atoms with van der Waals surface area (Å²) in [6, 6.07) is 5.99. The van der Waals surface area contributed by atoms with Crippen molar-refractivity contribution in [3.63, 3.8) is 0 Å². The molecule has 1 fully saturated rings. The summed E-state index contributed by atoms with van der Waals surface area (Å²) in [5, 5.41) is 3.28. The quantitative estimate of drug-likeness (QED) is 0.935. The minimum absolute atomic E-state index is 0.688. The van der Waals surface area contributed by atoms with Crippen LogP contribution in [0.2, 0.25) is 0 Å². The van der Waals surface area contributed by atoms with Crippen molar-refractivity contribution in [2.75, 3.05) is 23.3 Å². The molecule has 2 aromatic heterocycles. The van der Waals surface area contributed by atoms with Gasteiger partial charge in [-0.25, -0.2) is 4.98 Å². The Morgan fingerprint density at radius 2 is 1.71 bits per heavy atom. The van der Waals surface area contributed by atoms with Crippen LogP contribution in [0.25, 0.3) is 0 Å². The third kappa shape index (κ3) is 3.90. The molecular weight excluding hydrogens is 262 g/mol. The lowest BCUT2D eigenvalue weighted by Gasteiger charge is -2.21. The van der Waals surface area contributed by atoms with Gasteiger partial charge in [0.05, 0.1) is 0 Å². The van der Waals surface area contributed by atoms with E-state index >= 15 is 0 Å². The summed E-state index contributed by atoms with van der Waals surface area (Å²) in [6.07, 6.45) is 10.6. The van der Waals surface area contributed by atoms with Gasteiger partial charge in [0.15, 0.2) is 0 Å². The molecule has 0 saturated carbocycles. The molecule has 0 amide bonds. The zero-order valence-electron chi connectivity index (χ0n) is 12.2. The van der Waals surface area contributed by atoms with Crippen molar-refractivity contribution >= 4 is 11.8 Å². The molecule has 21 heavy (non-hydrogen) atoms. The number of pyridine rings is 1. The third-order valence-corrected chi connectivity index (χ3v) is 3.77. The van der Waals surface area contributed by atoms with Crippen LogP contribution in [0.5, 0.6) is 0 Å². The minimum atomic E-state index is 0.688. The molecule has 0 bridgehead atoms. The Morgan fingerprint density at radius 1 is 0.952 bits per heavy atom. The molecule has 0 aromatic carbocycles. The largest absolute Gasteiger partial charge is 0.356 e. The van der Waals surface area contributed by atoms with E-state index in [1.165, 1.54) is 31.2 Å². The zero-order valence-corrected chi connectivity index (χ0v) is 12.2. The van der Waals surface area contributed by atoms with E-state index in [4.69, 9.17) is 0 Å². The van der Waals surface area contributed by atoms with Crippen LogP contribution >= 0.6 is 0 Å². The first kappa shape index (κ1) is 13.8. The highest BCUT2D eigenvalue weighted by Gasteiger charge is 2.11. The van der Waals surface area contributed by atoms with Crippen LogP contribution in [-0.2, 0) is 6.54 Å². The van der Waals surface area contributed by atoms with Gasteiger partial charge < -0.3 is 10.2 Å². The van der Waals surface area contributed by atoms with Crippen LogP contribution in [-0.4, -0.2) is 28.0 Å². The number of nitrogens with zero attached hydrogens (tertiary/aromatic N) is 4. The first-order valence-electron chi connectivity index (χ1n) is 7.62. The van der Waals surface area contributed by atoms with Crippen LogP contribution in [0.3, 0.4) is 0 Å². The van der Waals surface area contributed by atoms with Gasteiger partial charge in [-0.05, 0) is 36.6 Å². The number of rotatable bonds is 4. The number of nitrogens with one attached hydrogen (secondary N) is 1. The number of hydrogen-bond donors (Lipinski definition) is 1. The summed E-state index contributed by atoms with van der Waals surface area (Å²) in [7, 11) is 0. The lowest BCUT2D eigenvalue weighted by atomic mass is 10.2. The minimum Gasteiger partial charge on any atom is -0.356 e. The Balaban J connectivity index is 1.65. The smallest absolute Gasteiger partial charge is 0.224 e. The van der Waals surface area contributed by atoms with Crippen LogP contribution in [0, 0.1) is 0 Å². The van der Waals surface area contributed by atoms with Gasteiger partial charge >= 0.3 is 0 Å². The van der Waals surface area contributed by atoms with Crippen molar-refractivity contribution in [2.45, 2.75) is 32.2 Å². The maximum Gasteiger partial charge on any atom is 0.224 e. The van der Waals surface area contributed by atoms with Crippen LogP contribution in [0.15, 0.2) is 36.8 Å². The average Bonchev–Trinajstić information content (AvgIpc) is 2.83. The normalized spacial score (nSPS) is 15.5. The molecule has 110 valence electrons. The van der Waals surface area contributed by atoms with Gasteiger partial charge in [-0.1, -0.05) is 12.8 Å². The summed E-state index contributed by atoms with van der Waals surface area (Å²) in [5.74, 6) is 1.72. The summed E-state index contributed by atoms with van der Waals surface area (Å²) in [4.78, 5) is 15.3. The van der Waals surface area contributed by atoms with Crippen molar-refractivity contribution in [3.8, 4) is 0 Å². The molecule has 5 nitrogen and oxygen atoms in total. The molecule has 3 heterocycles. The first-order chi connectivity index (χ1) is 10.4. The highest BCUT2D eigenvalue weighted by atomic mass is 15.2.